The predicted molar refractivity (Wildman–Crippen MR) is 70.8 cm³/mol. The first-order chi connectivity index (χ1) is 9.08. The minimum atomic E-state index is -0.139. The molecule has 1 saturated heterocycles. The van der Waals surface area contributed by atoms with Crippen molar-refractivity contribution in [3.63, 3.8) is 0 Å². The molecule has 0 aliphatic carbocycles. The molecular weight excluding hydrogens is 246 g/mol. The first-order valence-corrected chi connectivity index (χ1v) is 6.92. The molecule has 19 heavy (non-hydrogen) atoms. The lowest BCUT2D eigenvalue weighted by molar-refractivity contribution is 0.0568. The fourth-order valence-corrected chi connectivity index (χ4v) is 2.36. The summed E-state index contributed by atoms with van der Waals surface area (Å²) < 4.78 is 2.78. The number of tetrazole rings is 1. The fourth-order valence-electron chi connectivity index (χ4n) is 2.36. The molecule has 7 heteroatoms. The molecular formula is C12H23N5O2. The molecule has 2 rings (SSSR count). The second kappa shape index (κ2) is 5.83. The van der Waals surface area contributed by atoms with Crippen LogP contribution in [-0.4, -0.2) is 56.0 Å². The molecule has 0 saturated carbocycles. The van der Waals surface area contributed by atoms with E-state index in [0.717, 1.165) is 32.5 Å². The molecule has 0 aromatic carbocycles. The van der Waals surface area contributed by atoms with Gasteiger partial charge in [0.2, 0.25) is 0 Å². The number of aryl methyl sites for hydroxylation is 1. The van der Waals surface area contributed by atoms with Crippen LogP contribution in [0.5, 0.6) is 0 Å². The van der Waals surface area contributed by atoms with E-state index < -0.39 is 0 Å². The van der Waals surface area contributed by atoms with E-state index in [1.807, 2.05) is 6.92 Å². The first-order valence-electron chi connectivity index (χ1n) is 6.92. The van der Waals surface area contributed by atoms with Gasteiger partial charge in [-0.15, -0.1) is 0 Å². The molecule has 7 nitrogen and oxygen atoms in total. The zero-order chi connectivity index (χ0) is 13.9. The van der Waals surface area contributed by atoms with Gasteiger partial charge in [0.1, 0.15) is 0 Å². The second-order valence-corrected chi connectivity index (χ2v) is 5.61. The van der Waals surface area contributed by atoms with Crippen LogP contribution in [0.3, 0.4) is 0 Å². The molecule has 0 bridgehead atoms. The van der Waals surface area contributed by atoms with Crippen molar-refractivity contribution in [3.05, 3.63) is 10.5 Å². The Labute approximate surface area is 112 Å². The van der Waals surface area contributed by atoms with E-state index in [2.05, 4.69) is 22.3 Å². The summed E-state index contributed by atoms with van der Waals surface area (Å²) >= 11 is 0. The van der Waals surface area contributed by atoms with Crippen molar-refractivity contribution < 1.29 is 5.11 Å². The highest BCUT2D eigenvalue weighted by atomic mass is 16.3. The van der Waals surface area contributed by atoms with Crippen molar-refractivity contribution in [1.82, 2.24) is 24.7 Å². The quantitative estimate of drug-likeness (QED) is 0.784. The molecule has 0 amide bonds. The molecule has 0 radical (unpaired) electrons. The van der Waals surface area contributed by atoms with Gasteiger partial charge in [0.25, 0.3) is 0 Å². The van der Waals surface area contributed by atoms with Crippen LogP contribution >= 0.6 is 0 Å². The molecule has 1 fully saturated rings. The molecule has 0 unspecified atom stereocenters. The third kappa shape index (κ3) is 3.22. The summed E-state index contributed by atoms with van der Waals surface area (Å²) in [6.45, 7) is 8.13. The van der Waals surface area contributed by atoms with E-state index >= 15 is 0 Å². The summed E-state index contributed by atoms with van der Waals surface area (Å²) in [6, 6.07) is 0. The molecule has 0 atom stereocenters. The number of aliphatic hydroxyl groups excluding tert-OH is 1. The number of aliphatic hydroxyl groups is 1. The van der Waals surface area contributed by atoms with E-state index in [1.54, 1.807) is 0 Å². The van der Waals surface area contributed by atoms with Crippen LogP contribution in [0.4, 0.5) is 0 Å². The smallest absolute Gasteiger partial charge is 0.363 e. The van der Waals surface area contributed by atoms with Gasteiger partial charge < -0.3 is 10.0 Å². The van der Waals surface area contributed by atoms with Gasteiger partial charge >= 0.3 is 5.69 Å². The molecule has 1 aliphatic rings. The zero-order valence-corrected chi connectivity index (χ0v) is 11.7. The van der Waals surface area contributed by atoms with Crippen molar-refractivity contribution in [2.75, 3.05) is 26.2 Å². The topological polar surface area (TPSA) is 76.2 Å². The SMILES string of the molecule is CCn1nnn(CCN2CCC(C)(CO)CC2)c1=O. The molecule has 2 heterocycles. The Kier molecular flexibility index (Phi) is 4.36. The Hall–Kier alpha value is -1.21. The number of rotatable bonds is 5. The van der Waals surface area contributed by atoms with Crippen molar-refractivity contribution in [2.24, 2.45) is 5.41 Å². The zero-order valence-electron chi connectivity index (χ0n) is 11.7. The van der Waals surface area contributed by atoms with Gasteiger partial charge in [-0.3, -0.25) is 0 Å². The number of aromatic nitrogens is 4. The summed E-state index contributed by atoms with van der Waals surface area (Å²) in [4.78, 5) is 14.1. The second-order valence-electron chi connectivity index (χ2n) is 5.61. The van der Waals surface area contributed by atoms with Gasteiger partial charge in [0.05, 0.1) is 6.54 Å². The number of piperidine rings is 1. The van der Waals surface area contributed by atoms with Gasteiger partial charge in [0, 0.05) is 19.7 Å². The molecule has 1 N–H and O–H groups in total. The summed E-state index contributed by atoms with van der Waals surface area (Å²) in [7, 11) is 0. The van der Waals surface area contributed by atoms with Crippen molar-refractivity contribution in [3.8, 4) is 0 Å². The van der Waals surface area contributed by atoms with E-state index in [0.29, 0.717) is 13.1 Å². The van der Waals surface area contributed by atoms with Crippen molar-refractivity contribution in [2.45, 2.75) is 39.8 Å². The van der Waals surface area contributed by atoms with Gasteiger partial charge in [0.15, 0.2) is 0 Å². The Morgan fingerprint density at radius 1 is 1.21 bits per heavy atom. The average molecular weight is 269 g/mol. The number of hydrogen-bond donors (Lipinski definition) is 1. The minimum absolute atomic E-state index is 0.0681. The summed E-state index contributed by atoms with van der Waals surface area (Å²) in [5, 5.41) is 17.0. The Balaban J connectivity index is 1.84. The van der Waals surface area contributed by atoms with E-state index in [1.165, 1.54) is 9.36 Å². The maximum absolute atomic E-state index is 11.8. The van der Waals surface area contributed by atoms with Crippen LogP contribution in [0.2, 0.25) is 0 Å². The molecule has 1 aliphatic heterocycles. The maximum Gasteiger partial charge on any atom is 0.363 e. The molecule has 1 aromatic rings. The molecule has 1 aromatic heterocycles. The van der Waals surface area contributed by atoms with Crippen LogP contribution < -0.4 is 5.69 Å². The lowest BCUT2D eigenvalue weighted by Crippen LogP contribution is -2.42. The van der Waals surface area contributed by atoms with Crippen molar-refractivity contribution >= 4 is 0 Å². The Morgan fingerprint density at radius 3 is 2.37 bits per heavy atom. The number of hydrogen-bond acceptors (Lipinski definition) is 5. The minimum Gasteiger partial charge on any atom is -0.396 e. The van der Waals surface area contributed by atoms with E-state index in [4.69, 9.17) is 0 Å². The average Bonchev–Trinajstić information content (AvgIpc) is 2.79. The highest BCUT2D eigenvalue weighted by molar-refractivity contribution is 4.81. The standard InChI is InChI=1S/C12H23N5O2/c1-3-16-11(19)17(14-13-16)9-8-15-6-4-12(2,10-18)5-7-15/h18H,3-10H2,1-2H3. The summed E-state index contributed by atoms with van der Waals surface area (Å²) in [5.41, 5.74) is -0.0710. The molecule has 108 valence electrons. The normalized spacial score (nSPS) is 19.7. The lowest BCUT2D eigenvalue weighted by Gasteiger charge is -2.38. The van der Waals surface area contributed by atoms with Crippen LogP contribution in [-0.2, 0) is 13.1 Å². The lowest BCUT2D eigenvalue weighted by atomic mass is 9.81. The Bertz CT molecular complexity index is 459. The highest BCUT2D eigenvalue weighted by Gasteiger charge is 2.29. The maximum atomic E-state index is 11.8. The van der Waals surface area contributed by atoms with E-state index in [-0.39, 0.29) is 17.7 Å². The molecule has 0 spiro atoms. The van der Waals surface area contributed by atoms with Gasteiger partial charge in [-0.1, -0.05) is 6.92 Å². The Morgan fingerprint density at radius 2 is 1.84 bits per heavy atom. The van der Waals surface area contributed by atoms with E-state index in [9.17, 15) is 9.90 Å². The van der Waals surface area contributed by atoms with Crippen molar-refractivity contribution in [1.29, 1.82) is 0 Å². The third-order valence-electron chi connectivity index (χ3n) is 4.07. The van der Waals surface area contributed by atoms with Crippen LogP contribution in [0.1, 0.15) is 26.7 Å². The van der Waals surface area contributed by atoms with Gasteiger partial charge in [-0.2, -0.15) is 9.36 Å². The number of likely N-dealkylation sites (tertiary alicyclic amines) is 1. The monoisotopic (exact) mass is 269 g/mol. The van der Waals surface area contributed by atoms with Crippen LogP contribution in [0, 0.1) is 5.41 Å². The predicted octanol–water partition coefficient (Wildman–Crippen LogP) is -0.446. The van der Waals surface area contributed by atoms with Gasteiger partial charge in [-0.25, -0.2) is 4.79 Å². The first kappa shape index (κ1) is 14.2. The summed E-state index contributed by atoms with van der Waals surface area (Å²) in [6.07, 6.45) is 2.00. The van der Waals surface area contributed by atoms with Crippen LogP contribution in [0.25, 0.3) is 0 Å². The highest BCUT2D eigenvalue weighted by Crippen LogP contribution is 2.29. The van der Waals surface area contributed by atoms with Gasteiger partial charge in [-0.05, 0) is 48.7 Å². The fraction of sp³-hybridized carbons (Fsp3) is 0.917. The third-order valence-corrected chi connectivity index (χ3v) is 4.07. The largest absolute Gasteiger partial charge is 0.396 e. The van der Waals surface area contributed by atoms with Crippen LogP contribution in [0.15, 0.2) is 4.79 Å². The number of nitrogens with zero attached hydrogens (tertiary/aromatic N) is 5. The summed E-state index contributed by atoms with van der Waals surface area (Å²) in [5.74, 6) is 0.